The monoisotopic (exact) mass is 247 g/mol. The average Bonchev–Trinajstić information content (AvgIpc) is 2.34. The van der Waals surface area contributed by atoms with E-state index < -0.39 is 6.04 Å². The molecule has 5 heteroatoms. The molecule has 1 heterocycles. The van der Waals surface area contributed by atoms with E-state index in [1.807, 2.05) is 20.8 Å². The van der Waals surface area contributed by atoms with Crippen molar-refractivity contribution in [2.24, 2.45) is 5.92 Å². The van der Waals surface area contributed by atoms with E-state index in [4.69, 9.17) is 10.00 Å². The number of ether oxygens (including phenoxy) is 1. The quantitative estimate of drug-likeness (QED) is 0.822. The van der Waals surface area contributed by atoms with Gasteiger partial charge in [-0.15, -0.1) is 0 Å². The van der Waals surface area contributed by atoms with E-state index >= 15 is 0 Å². The number of hydrogen-bond acceptors (Lipinski definition) is 5. The number of aromatic nitrogens is 1. The van der Waals surface area contributed by atoms with Crippen LogP contribution in [0.5, 0.6) is 0 Å². The number of aryl methyl sites for hydroxylation is 1. The summed E-state index contributed by atoms with van der Waals surface area (Å²) in [6, 6.07) is 3.33. The fraction of sp³-hybridized carbons (Fsp3) is 0.462. The predicted molar refractivity (Wildman–Crippen MR) is 68.0 cm³/mol. The van der Waals surface area contributed by atoms with E-state index in [1.54, 1.807) is 12.3 Å². The summed E-state index contributed by atoms with van der Waals surface area (Å²) in [5.41, 5.74) is 1.27. The van der Waals surface area contributed by atoms with Crippen molar-refractivity contribution in [2.75, 3.05) is 12.4 Å². The number of carbonyl (C=O) groups excluding carboxylic acids is 1. The Morgan fingerprint density at radius 2 is 2.22 bits per heavy atom. The molecule has 96 valence electrons. The summed E-state index contributed by atoms with van der Waals surface area (Å²) in [4.78, 5) is 15.8. The van der Waals surface area contributed by atoms with E-state index in [0.29, 0.717) is 11.4 Å². The number of esters is 1. The van der Waals surface area contributed by atoms with E-state index in [-0.39, 0.29) is 11.9 Å². The Hall–Kier alpha value is -2.09. The van der Waals surface area contributed by atoms with E-state index in [9.17, 15) is 4.79 Å². The fourth-order valence-corrected chi connectivity index (χ4v) is 1.58. The first kappa shape index (κ1) is 14.0. The molecule has 1 aromatic rings. The average molecular weight is 247 g/mol. The third-order valence-electron chi connectivity index (χ3n) is 2.69. The van der Waals surface area contributed by atoms with Gasteiger partial charge in [-0.1, -0.05) is 13.8 Å². The van der Waals surface area contributed by atoms with Crippen LogP contribution in [0.3, 0.4) is 0 Å². The van der Waals surface area contributed by atoms with Crippen molar-refractivity contribution in [2.45, 2.75) is 26.8 Å². The van der Waals surface area contributed by atoms with Crippen molar-refractivity contribution in [3.8, 4) is 6.07 Å². The predicted octanol–water partition coefficient (Wildman–Crippen LogP) is 1.87. The van der Waals surface area contributed by atoms with Crippen LogP contribution in [-0.4, -0.2) is 24.1 Å². The topological polar surface area (TPSA) is 75.0 Å². The Labute approximate surface area is 107 Å². The van der Waals surface area contributed by atoms with Gasteiger partial charge in [0.05, 0.1) is 12.7 Å². The third kappa shape index (κ3) is 2.98. The largest absolute Gasteiger partial charge is 0.467 e. The lowest BCUT2D eigenvalue weighted by atomic mass is 10.0. The summed E-state index contributed by atoms with van der Waals surface area (Å²) in [6.45, 7) is 5.63. The van der Waals surface area contributed by atoms with Crippen LogP contribution in [0.25, 0.3) is 0 Å². The van der Waals surface area contributed by atoms with Crippen LogP contribution in [0.2, 0.25) is 0 Å². The highest BCUT2D eigenvalue weighted by atomic mass is 16.5. The van der Waals surface area contributed by atoms with Crippen molar-refractivity contribution in [1.29, 1.82) is 5.26 Å². The highest BCUT2D eigenvalue weighted by molar-refractivity contribution is 5.79. The molecule has 1 atom stereocenters. The molecule has 0 aliphatic carbocycles. The maximum absolute atomic E-state index is 11.6. The Morgan fingerprint density at radius 1 is 1.56 bits per heavy atom. The molecule has 5 nitrogen and oxygen atoms in total. The van der Waals surface area contributed by atoms with Gasteiger partial charge in [-0.25, -0.2) is 9.78 Å². The summed E-state index contributed by atoms with van der Waals surface area (Å²) >= 11 is 0. The van der Waals surface area contributed by atoms with Gasteiger partial charge in [0, 0.05) is 6.20 Å². The van der Waals surface area contributed by atoms with Gasteiger partial charge in [-0.05, 0) is 24.5 Å². The first-order chi connectivity index (χ1) is 8.51. The first-order valence-electron chi connectivity index (χ1n) is 5.71. The van der Waals surface area contributed by atoms with Crippen LogP contribution in [0.1, 0.15) is 25.0 Å². The standard InChI is InChI=1S/C13H17N3O2/c1-8(2)11(13(17)18-4)16-12-10(7-14)9(3)5-6-15-12/h5-6,8,11H,1-4H3,(H,15,16). The minimum atomic E-state index is -0.517. The Kier molecular flexibility index (Phi) is 4.67. The molecule has 0 radical (unpaired) electrons. The second kappa shape index (κ2) is 6.01. The Bertz CT molecular complexity index is 478. The summed E-state index contributed by atoms with van der Waals surface area (Å²) in [7, 11) is 1.34. The van der Waals surface area contributed by atoms with E-state index in [0.717, 1.165) is 5.56 Å². The van der Waals surface area contributed by atoms with Crippen molar-refractivity contribution < 1.29 is 9.53 Å². The molecule has 1 unspecified atom stereocenters. The van der Waals surface area contributed by atoms with E-state index in [1.165, 1.54) is 7.11 Å². The van der Waals surface area contributed by atoms with Gasteiger partial charge in [0.15, 0.2) is 0 Å². The molecule has 0 aromatic carbocycles. The van der Waals surface area contributed by atoms with Crippen LogP contribution in [-0.2, 0) is 9.53 Å². The van der Waals surface area contributed by atoms with Gasteiger partial charge in [0.1, 0.15) is 17.9 Å². The smallest absolute Gasteiger partial charge is 0.328 e. The van der Waals surface area contributed by atoms with Crippen molar-refractivity contribution in [1.82, 2.24) is 4.98 Å². The maximum atomic E-state index is 11.6. The molecule has 18 heavy (non-hydrogen) atoms. The number of nitrogens with zero attached hydrogens (tertiary/aromatic N) is 2. The number of pyridine rings is 1. The zero-order valence-electron chi connectivity index (χ0n) is 11.0. The molecular weight excluding hydrogens is 230 g/mol. The van der Waals surface area contributed by atoms with Crippen molar-refractivity contribution in [3.63, 3.8) is 0 Å². The maximum Gasteiger partial charge on any atom is 0.328 e. The van der Waals surface area contributed by atoms with Crippen LogP contribution in [0.4, 0.5) is 5.82 Å². The lowest BCUT2D eigenvalue weighted by Crippen LogP contribution is -2.36. The first-order valence-corrected chi connectivity index (χ1v) is 5.71. The molecule has 0 saturated carbocycles. The van der Waals surface area contributed by atoms with Crippen LogP contribution < -0.4 is 5.32 Å². The van der Waals surface area contributed by atoms with Gasteiger partial charge in [0.2, 0.25) is 0 Å². The molecule has 1 rings (SSSR count). The minimum absolute atomic E-state index is 0.0336. The number of nitriles is 1. The van der Waals surface area contributed by atoms with Gasteiger partial charge >= 0.3 is 5.97 Å². The number of methoxy groups -OCH3 is 1. The summed E-state index contributed by atoms with van der Waals surface area (Å²) in [5, 5.41) is 12.1. The second-order valence-electron chi connectivity index (χ2n) is 4.35. The van der Waals surface area contributed by atoms with Gasteiger partial charge in [-0.2, -0.15) is 5.26 Å². The molecule has 0 aliphatic heterocycles. The zero-order valence-corrected chi connectivity index (χ0v) is 11.0. The number of anilines is 1. The highest BCUT2D eigenvalue weighted by Gasteiger charge is 2.24. The molecule has 0 amide bonds. The molecule has 0 fully saturated rings. The van der Waals surface area contributed by atoms with Crippen molar-refractivity contribution >= 4 is 11.8 Å². The normalized spacial score (nSPS) is 11.8. The molecule has 1 N–H and O–H groups in total. The number of nitrogens with one attached hydrogen (secondary N) is 1. The summed E-state index contributed by atoms with van der Waals surface area (Å²) in [5.74, 6) is 0.0881. The molecule has 0 aliphatic rings. The summed E-state index contributed by atoms with van der Waals surface area (Å²) < 4.78 is 4.74. The van der Waals surface area contributed by atoms with Crippen LogP contribution in [0.15, 0.2) is 12.3 Å². The SMILES string of the molecule is COC(=O)C(Nc1nccc(C)c1C#N)C(C)C. The minimum Gasteiger partial charge on any atom is -0.467 e. The highest BCUT2D eigenvalue weighted by Crippen LogP contribution is 2.18. The number of rotatable bonds is 4. The lowest BCUT2D eigenvalue weighted by Gasteiger charge is -2.21. The Morgan fingerprint density at radius 3 is 2.72 bits per heavy atom. The Balaban J connectivity index is 3.06. The number of hydrogen-bond donors (Lipinski definition) is 1. The van der Waals surface area contributed by atoms with Crippen molar-refractivity contribution in [3.05, 3.63) is 23.4 Å². The van der Waals surface area contributed by atoms with Crippen LogP contribution >= 0.6 is 0 Å². The molecule has 0 spiro atoms. The lowest BCUT2D eigenvalue weighted by molar-refractivity contribution is -0.142. The van der Waals surface area contributed by atoms with Gasteiger partial charge < -0.3 is 10.1 Å². The second-order valence-corrected chi connectivity index (χ2v) is 4.35. The summed E-state index contributed by atoms with van der Waals surface area (Å²) in [6.07, 6.45) is 1.60. The molecule has 0 saturated heterocycles. The fourth-order valence-electron chi connectivity index (χ4n) is 1.58. The number of carbonyl (C=O) groups is 1. The molecule has 0 bridgehead atoms. The van der Waals surface area contributed by atoms with E-state index in [2.05, 4.69) is 16.4 Å². The zero-order chi connectivity index (χ0) is 13.7. The van der Waals surface area contributed by atoms with Gasteiger partial charge in [0.25, 0.3) is 0 Å². The third-order valence-corrected chi connectivity index (χ3v) is 2.69. The van der Waals surface area contributed by atoms with Crippen LogP contribution in [0, 0.1) is 24.2 Å². The molecular formula is C13H17N3O2. The van der Waals surface area contributed by atoms with Gasteiger partial charge in [-0.3, -0.25) is 0 Å². The molecule has 1 aromatic heterocycles.